The molecule has 0 saturated carbocycles. The van der Waals surface area contributed by atoms with Crippen LogP contribution in [0.3, 0.4) is 0 Å². The molecule has 3 heteroatoms. The molecule has 0 nitrogen and oxygen atoms in total. The molecule has 0 fully saturated rings. The van der Waals surface area contributed by atoms with Crippen LogP contribution in [0.1, 0.15) is 4.88 Å². The minimum absolute atomic E-state index is 0.243. The zero-order valence-electron chi connectivity index (χ0n) is 7.63. The zero-order chi connectivity index (χ0) is 10.8. The Hall–Kier alpha value is -1.66. The van der Waals surface area contributed by atoms with Crippen molar-refractivity contribution < 1.29 is 8.78 Å². The Kier molecular flexibility index (Phi) is 2.53. The van der Waals surface area contributed by atoms with Crippen LogP contribution in [0, 0.1) is 24.0 Å². The van der Waals surface area contributed by atoms with Gasteiger partial charge in [-0.1, -0.05) is 18.1 Å². The average Bonchev–Trinajstić information content (AvgIpc) is 2.70. The summed E-state index contributed by atoms with van der Waals surface area (Å²) in [6, 6.07) is 5.76. The van der Waals surface area contributed by atoms with Gasteiger partial charge in [-0.2, -0.15) is 0 Å². The maximum absolute atomic E-state index is 13.4. The molecule has 0 amide bonds. The Morgan fingerprint density at radius 2 is 2.07 bits per heavy atom. The standard InChI is InChI=1S/C12H6F2S/c1-2-9-6-8(7-15-9)10-4-3-5-11(13)12(10)14/h1,3-7H. The fourth-order valence-corrected chi connectivity index (χ4v) is 1.99. The van der Waals surface area contributed by atoms with Crippen molar-refractivity contribution in [2.24, 2.45) is 0 Å². The van der Waals surface area contributed by atoms with E-state index in [-0.39, 0.29) is 5.56 Å². The zero-order valence-corrected chi connectivity index (χ0v) is 8.44. The molecular weight excluding hydrogens is 214 g/mol. The normalized spacial score (nSPS) is 9.93. The number of thiophene rings is 1. The number of halogens is 2. The third kappa shape index (κ3) is 1.77. The fraction of sp³-hybridized carbons (Fsp3) is 0. The summed E-state index contributed by atoms with van der Waals surface area (Å²) >= 11 is 1.33. The van der Waals surface area contributed by atoms with Crippen LogP contribution in [0.5, 0.6) is 0 Å². The van der Waals surface area contributed by atoms with E-state index in [1.807, 2.05) is 0 Å². The highest BCUT2D eigenvalue weighted by Crippen LogP contribution is 2.28. The first-order chi connectivity index (χ1) is 7.22. The van der Waals surface area contributed by atoms with E-state index in [9.17, 15) is 8.78 Å². The molecule has 0 radical (unpaired) electrons. The topological polar surface area (TPSA) is 0 Å². The molecule has 74 valence electrons. The van der Waals surface area contributed by atoms with Gasteiger partial charge in [-0.25, -0.2) is 8.78 Å². The van der Waals surface area contributed by atoms with E-state index in [1.54, 1.807) is 11.4 Å². The van der Waals surface area contributed by atoms with Crippen molar-refractivity contribution in [3.05, 3.63) is 46.2 Å². The van der Waals surface area contributed by atoms with Crippen LogP contribution >= 0.6 is 11.3 Å². The third-order valence-electron chi connectivity index (χ3n) is 2.00. The molecule has 15 heavy (non-hydrogen) atoms. The summed E-state index contributed by atoms with van der Waals surface area (Å²) in [7, 11) is 0. The van der Waals surface area contributed by atoms with Crippen LogP contribution in [-0.2, 0) is 0 Å². The number of hydrogen-bond donors (Lipinski definition) is 0. The molecular formula is C12H6F2S. The lowest BCUT2D eigenvalue weighted by Crippen LogP contribution is -1.87. The van der Waals surface area contributed by atoms with Gasteiger partial charge in [0.05, 0.1) is 4.88 Å². The molecule has 2 aromatic rings. The van der Waals surface area contributed by atoms with Gasteiger partial charge in [-0.15, -0.1) is 17.8 Å². The van der Waals surface area contributed by atoms with Gasteiger partial charge in [-0.05, 0) is 23.1 Å². The molecule has 0 saturated heterocycles. The Labute approximate surface area is 90.2 Å². The highest BCUT2D eigenvalue weighted by Gasteiger charge is 2.10. The Bertz CT molecular complexity index is 535. The molecule has 1 aromatic carbocycles. The summed E-state index contributed by atoms with van der Waals surface area (Å²) in [5.74, 6) is 0.773. The predicted octanol–water partition coefficient (Wildman–Crippen LogP) is 3.67. The second-order valence-electron chi connectivity index (χ2n) is 2.95. The van der Waals surface area contributed by atoms with Crippen molar-refractivity contribution in [1.82, 2.24) is 0 Å². The Morgan fingerprint density at radius 3 is 2.73 bits per heavy atom. The number of hydrogen-bond acceptors (Lipinski definition) is 1. The molecule has 2 rings (SSSR count). The van der Waals surface area contributed by atoms with Crippen LogP contribution in [0.25, 0.3) is 11.1 Å². The van der Waals surface area contributed by atoms with E-state index in [4.69, 9.17) is 6.42 Å². The number of rotatable bonds is 1. The number of benzene rings is 1. The highest BCUT2D eigenvalue weighted by atomic mass is 32.1. The van der Waals surface area contributed by atoms with Gasteiger partial charge in [0.15, 0.2) is 11.6 Å². The minimum Gasteiger partial charge on any atom is -0.204 e. The van der Waals surface area contributed by atoms with Gasteiger partial charge in [-0.3, -0.25) is 0 Å². The van der Waals surface area contributed by atoms with Crippen molar-refractivity contribution in [1.29, 1.82) is 0 Å². The molecule has 0 N–H and O–H groups in total. The smallest absolute Gasteiger partial charge is 0.166 e. The predicted molar refractivity (Wildman–Crippen MR) is 57.6 cm³/mol. The fourth-order valence-electron chi connectivity index (χ4n) is 1.28. The largest absolute Gasteiger partial charge is 0.204 e. The Morgan fingerprint density at radius 1 is 1.27 bits per heavy atom. The summed E-state index contributed by atoms with van der Waals surface area (Å²) in [4.78, 5) is 0.702. The van der Waals surface area contributed by atoms with E-state index in [0.29, 0.717) is 10.4 Å². The summed E-state index contributed by atoms with van der Waals surface area (Å²) < 4.78 is 26.3. The lowest BCUT2D eigenvalue weighted by atomic mass is 10.1. The number of terminal acetylenes is 1. The molecule has 0 spiro atoms. The first-order valence-corrected chi connectivity index (χ1v) is 5.10. The van der Waals surface area contributed by atoms with Crippen LogP contribution < -0.4 is 0 Å². The van der Waals surface area contributed by atoms with Crippen LogP contribution in [0.2, 0.25) is 0 Å². The van der Waals surface area contributed by atoms with Gasteiger partial charge in [0.25, 0.3) is 0 Å². The Balaban J connectivity index is 2.55. The molecule has 0 aliphatic heterocycles. The van der Waals surface area contributed by atoms with E-state index >= 15 is 0 Å². The third-order valence-corrected chi connectivity index (χ3v) is 2.87. The summed E-state index contributed by atoms with van der Waals surface area (Å²) in [5, 5.41) is 1.72. The van der Waals surface area contributed by atoms with Crippen molar-refractivity contribution in [3.8, 4) is 23.5 Å². The quantitative estimate of drug-likeness (QED) is 0.643. The minimum atomic E-state index is -0.846. The first kappa shape index (κ1) is 9.88. The molecule has 0 atom stereocenters. The SMILES string of the molecule is C#Cc1cc(-c2cccc(F)c2F)cs1. The van der Waals surface area contributed by atoms with Crippen LogP contribution in [0.15, 0.2) is 29.6 Å². The highest BCUT2D eigenvalue weighted by molar-refractivity contribution is 7.11. The maximum atomic E-state index is 13.4. The maximum Gasteiger partial charge on any atom is 0.166 e. The summed E-state index contributed by atoms with van der Waals surface area (Å²) in [6.45, 7) is 0. The molecule has 1 heterocycles. The second kappa shape index (κ2) is 3.84. The molecule has 0 aliphatic carbocycles. The lowest BCUT2D eigenvalue weighted by molar-refractivity contribution is 0.511. The summed E-state index contributed by atoms with van der Waals surface area (Å²) in [6.07, 6.45) is 5.20. The van der Waals surface area contributed by atoms with Crippen molar-refractivity contribution in [2.45, 2.75) is 0 Å². The van der Waals surface area contributed by atoms with Crippen LogP contribution in [-0.4, -0.2) is 0 Å². The van der Waals surface area contributed by atoms with Gasteiger partial charge in [0.2, 0.25) is 0 Å². The van der Waals surface area contributed by atoms with E-state index in [2.05, 4.69) is 5.92 Å². The van der Waals surface area contributed by atoms with Crippen LogP contribution in [0.4, 0.5) is 8.78 Å². The van der Waals surface area contributed by atoms with E-state index in [0.717, 1.165) is 6.07 Å². The van der Waals surface area contributed by atoms with Gasteiger partial charge in [0, 0.05) is 5.56 Å². The van der Waals surface area contributed by atoms with Gasteiger partial charge in [0.1, 0.15) is 0 Å². The monoisotopic (exact) mass is 220 g/mol. The average molecular weight is 220 g/mol. The van der Waals surface area contributed by atoms with Gasteiger partial charge < -0.3 is 0 Å². The van der Waals surface area contributed by atoms with Crippen molar-refractivity contribution >= 4 is 11.3 Å². The first-order valence-electron chi connectivity index (χ1n) is 4.22. The molecule has 0 bridgehead atoms. The van der Waals surface area contributed by atoms with E-state index < -0.39 is 11.6 Å². The van der Waals surface area contributed by atoms with E-state index in [1.165, 1.54) is 23.5 Å². The molecule has 0 aliphatic rings. The summed E-state index contributed by atoms with van der Waals surface area (Å²) in [5.41, 5.74) is 0.859. The van der Waals surface area contributed by atoms with Crippen molar-refractivity contribution in [3.63, 3.8) is 0 Å². The van der Waals surface area contributed by atoms with Crippen molar-refractivity contribution in [2.75, 3.05) is 0 Å². The molecule has 0 unspecified atom stereocenters. The second-order valence-corrected chi connectivity index (χ2v) is 3.86. The van der Waals surface area contributed by atoms with Gasteiger partial charge >= 0.3 is 0 Å². The molecule has 1 aromatic heterocycles. The lowest BCUT2D eigenvalue weighted by Gasteiger charge is -2.00.